The van der Waals surface area contributed by atoms with Gasteiger partial charge in [-0.3, -0.25) is 4.79 Å². The van der Waals surface area contributed by atoms with Crippen molar-refractivity contribution in [3.05, 3.63) is 72.3 Å². The van der Waals surface area contributed by atoms with Gasteiger partial charge < -0.3 is 14.8 Å². The van der Waals surface area contributed by atoms with Gasteiger partial charge in [0.05, 0.1) is 10.3 Å². The van der Waals surface area contributed by atoms with Gasteiger partial charge in [-0.2, -0.15) is 0 Å². The molecule has 1 amide bonds. The first-order valence-corrected chi connectivity index (χ1v) is 13.3. The van der Waals surface area contributed by atoms with Gasteiger partial charge in [0.25, 0.3) is 5.79 Å². The lowest BCUT2D eigenvalue weighted by molar-refractivity contribution is -0.138. The van der Waals surface area contributed by atoms with Crippen molar-refractivity contribution in [3.8, 4) is 22.6 Å². The number of benzene rings is 3. The second-order valence-electron chi connectivity index (χ2n) is 9.48. The van der Waals surface area contributed by atoms with E-state index in [4.69, 9.17) is 9.47 Å². The first-order valence-electron chi connectivity index (χ1n) is 11.8. The molecule has 3 aliphatic rings. The van der Waals surface area contributed by atoms with Crippen LogP contribution >= 0.6 is 0 Å². The average molecular weight is 491 g/mol. The Kier molecular flexibility index (Phi) is 4.95. The summed E-state index contributed by atoms with van der Waals surface area (Å²) in [6, 6.07) is 20.1. The number of hydrogen-bond donors (Lipinski definition) is 2. The summed E-state index contributed by atoms with van der Waals surface area (Å²) in [4.78, 5) is 13.6. The van der Waals surface area contributed by atoms with Gasteiger partial charge in [-0.05, 0) is 79.4 Å². The predicted octanol–water partition coefficient (Wildman–Crippen LogP) is 4.58. The second kappa shape index (κ2) is 7.83. The molecule has 8 heteroatoms. The van der Waals surface area contributed by atoms with Gasteiger partial charge in [-0.25, -0.2) is 13.1 Å². The molecule has 0 bridgehead atoms. The highest BCUT2D eigenvalue weighted by Crippen LogP contribution is 2.54. The zero-order valence-corrected chi connectivity index (χ0v) is 20.2. The van der Waals surface area contributed by atoms with Gasteiger partial charge >= 0.3 is 0 Å². The Morgan fingerprint density at radius 1 is 0.857 bits per heavy atom. The van der Waals surface area contributed by atoms with Crippen LogP contribution < -0.4 is 19.5 Å². The maximum absolute atomic E-state index is 13.4. The number of amides is 1. The van der Waals surface area contributed by atoms with E-state index in [1.807, 2.05) is 42.5 Å². The highest BCUT2D eigenvalue weighted by atomic mass is 32.2. The maximum Gasteiger partial charge on any atom is 0.251 e. The topological polar surface area (TPSA) is 93.7 Å². The molecule has 2 saturated carbocycles. The van der Waals surface area contributed by atoms with Crippen LogP contribution in [0.3, 0.4) is 0 Å². The minimum absolute atomic E-state index is 0.0395. The summed E-state index contributed by atoms with van der Waals surface area (Å²) < 4.78 is 38.4. The SMILES string of the molecule is CNS(=O)(=O)c1ccc(-c2cccc(NC(=O)C3(c4ccc5c(c4)OC4(CCC4)O5)CC3)c2)cc1. The highest BCUT2D eigenvalue weighted by molar-refractivity contribution is 7.89. The molecule has 0 radical (unpaired) electrons. The van der Waals surface area contributed by atoms with Crippen molar-refractivity contribution in [3.63, 3.8) is 0 Å². The van der Waals surface area contributed by atoms with Crippen LogP contribution in [0.2, 0.25) is 0 Å². The maximum atomic E-state index is 13.4. The molecule has 0 saturated heterocycles. The zero-order valence-electron chi connectivity index (χ0n) is 19.3. The van der Waals surface area contributed by atoms with Gasteiger partial charge in [-0.1, -0.05) is 30.3 Å². The van der Waals surface area contributed by atoms with Crippen LogP contribution in [-0.4, -0.2) is 27.2 Å². The fourth-order valence-electron chi connectivity index (χ4n) is 4.80. The summed E-state index contributed by atoms with van der Waals surface area (Å²) in [5.74, 6) is 0.954. The Balaban J connectivity index is 1.20. The molecule has 7 nitrogen and oxygen atoms in total. The number of carbonyl (C=O) groups excluding carboxylic acids is 1. The Morgan fingerprint density at radius 2 is 1.60 bits per heavy atom. The normalized spacial score (nSPS) is 18.7. The summed E-state index contributed by atoms with van der Waals surface area (Å²) in [5.41, 5.74) is 2.83. The second-order valence-corrected chi connectivity index (χ2v) is 11.4. The number of nitrogens with one attached hydrogen (secondary N) is 2. The van der Waals surface area contributed by atoms with Gasteiger partial charge in [0.2, 0.25) is 15.9 Å². The first kappa shape index (κ1) is 22.1. The van der Waals surface area contributed by atoms with Crippen LogP contribution in [-0.2, 0) is 20.2 Å². The molecule has 0 unspecified atom stereocenters. The van der Waals surface area contributed by atoms with Gasteiger partial charge in [0.1, 0.15) is 0 Å². The van der Waals surface area contributed by atoms with E-state index in [-0.39, 0.29) is 10.8 Å². The fraction of sp³-hybridized carbons (Fsp3) is 0.296. The van der Waals surface area contributed by atoms with Crippen LogP contribution in [0.5, 0.6) is 11.5 Å². The summed E-state index contributed by atoms with van der Waals surface area (Å²) in [6.45, 7) is 0. The zero-order chi connectivity index (χ0) is 24.3. The van der Waals surface area contributed by atoms with Crippen molar-refractivity contribution < 1.29 is 22.7 Å². The number of anilines is 1. The number of sulfonamides is 1. The van der Waals surface area contributed by atoms with Crippen LogP contribution in [0.4, 0.5) is 5.69 Å². The monoisotopic (exact) mass is 490 g/mol. The molecule has 3 aromatic rings. The third-order valence-corrected chi connectivity index (χ3v) is 8.71. The minimum Gasteiger partial charge on any atom is -0.448 e. The third kappa shape index (κ3) is 3.77. The third-order valence-electron chi connectivity index (χ3n) is 7.28. The Bertz CT molecular complexity index is 1420. The summed E-state index contributed by atoms with van der Waals surface area (Å²) in [5, 5.41) is 3.09. The molecule has 2 N–H and O–H groups in total. The number of carbonyl (C=O) groups is 1. The molecule has 0 aromatic heterocycles. The highest BCUT2D eigenvalue weighted by Gasteiger charge is 2.53. The van der Waals surface area contributed by atoms with Crippen LogP contribution in [0.15, 0.2) is 71.6 Å². The molecule has 0 atom stereocenters. The van der Waals surface area contributed by atoms with Gasteiger partial charge in [0, 0.05) is 18.5 Å². The Morgan fingerprint density at radius 3 is 2.26 bits per heavy atom. The minimum atomic E-state index is -3.49. The van der Waals surface area contributed by atoms with E-state index in [1.54, 1.807) is 24.3 Å². The number of rotatable bonds is 6. The lowest BCUT2D eigenvalue weighted by Crippen LogP contribution is -2.45. The van der Waals surface area contributed by atoms with Crippen molar-refractivity contribution in [1.82, 2.24) is 4.72 Å². The van der Waals surface area contributed by atoms with E-state index in [9.17, 15) is 13.2 Å². The van der Waals surface area contributed by atoms with Crippen LogP contribution in [0.1, 0.15) is 37.7 Å². The van der Waals surface area contributed by atoms with Crippen molar-refractivity contribution in [2.75, 3.05) is 12.4 Å². The summed E-state index contributed by atoms with van der Waals surface area (Å²) >= 11 is 0. The first-order chi connectivity index (χ1) is 16.8. The predicted molar refractivity (Wildman–Crippen MR) is 132 cm³/mol. The molecular formula is C27H26N2O5S. The van der Waals surface area contributed by atoms with Crippen LogP contribution in [0, 0.1) is 0 Å². The molecule has 6 rings (SSSR count). The van der Waals surface area contributed by atoms with E-state index < -0.39 is 21.2 Å². The molecule has 2 fully saturated rings. The van der Waals surface area contributed by atoms with E-state index in [1.165, 1.54) is 7.05 Å². The van der Waals surface area contributed by atoms with E-state index in [2.05, 4.69) is 10.0 Å². The Hall–Kier alpha value is -3.36. The number of fused-ring (bicyclic) bond motifs is 1. The van der Waals surface area contributed by atoms with Crippen molar-refractivity contribution in [2.45, 2.75) is 48.2 Å². The molecule has 1 heterocycles. The summed E-state index contributed by atoms with van der Waals surface area (Å²) in [6.07, 6.45) is 4.46. The molecule has 2 aliphatic carbocycles. The molecule has 3 aromatic carbocycles. The average Bonchev–Trinajstić information content (AvgIpc) is 3.57. The standard InChI is InChI=1S/C27H26N2O5S/c1-28-35(31,32)22-9-6-18(7-10-22)19-4-2-5-21(16-19)29-25(30)26(14-15-26)20-8-11-23-24(17-20)34-27(33-23)12-3-13-27/h2,4-11,16-17,28H,3,12-15H2,1H3,(H,29,30). The lowest BCUT2D eigenvalue weighted by atomic mass is 9.91. The number of ether oxygens (including phenoxy) is 2. The molecular weight excluding hydrogens is 464 g/mol. The molecule has 180 valence electrons. The smallest absolute Gasteiger partial charge is 0.251 e. The molecule has 1 aliphatic heterocycles. The quantitative estimate of drug-likeness (QED) is 0.527. The van der Waals surface area contributed by atoms with Crippen molar-refractivity contribution in [1.29, 1.82) is 0 Å². The van der Waals surface area contributed by atoms with E-state index in [0.29, 0.717) is 5.69 Å². The number of hydrogen-bond acceptors (Lipinski definition) is 5. The Labute approximate surface area is 204 Å². The van der Waals surface area contributed by atoms with Crippen LogP contribution in [0.25, 0.3) is 11.1 Å². The van der Waals surface area contributed by atoms with Gasteiger partial charge in [0.15, 0.2) is 11.5 Å². The lowest BCUT2D eigenvalue weighted by Gasteiger charge is -2.35. The van der Waals surface area contributed by atoms with E-state index >= 15 is 0 Å². The molecule has 35 heavy (non-hydrogen) atoms. The summed E-state index contributed by atoms with van der Waals surface area (Å²) in [7, 11) is -2.10. The van der Waals surface area contributed by atoms with Crippen molar-refractivity contribution in [2.24, 2.45) is 0 Å². The van der Waals surface area contributed by atoms with Crippen molar-refractivity contribution >= 4 is 21.6 Å². The van der Waals surface area contributed by atoms with E-state index in [0.717, 1.165) is 60.3 Å². The molecule has 1 spiro atoms. The fourth-order valence-corrected chi connectivity index (χ4v) is 5.53. The van der Waals surface area contributed by atoms with Gasteiger partial charge in [-0.15, -0.1) is 0 Å². The largest absolute Gasteiger partial charge is 0.448 e.